The van der Waals surface area contributed by atoms with Crippen LogP contribution >= 0.6 is 0 Å². The van der Waals surface area contributed by atoms with E-state index in [-0.39, 0.29) is 11.9 Å². The minimum atomic E-state index is -0.747. The van der Waals surface area contributed by atoms with Crippen molar-refractivity contribution in [1.29, 1.82) is 0 Å². The molecule has 1 aliphatic carbocycles. The molecule has 0 aromatic heterocycles. The Morgan fingerprint density at radius 3 is 2.44 bits per heavy atom. The van der Waals surface area contributed by atoms with Crippen LogP contribution in [-0.2, 0) is 17.6 Å². The van der Waals surface area contributed by atoms with Gasteiger partial charge in [-0.05, 0) is 37.3 Å². The van der Waals surface area contributed by atoms with Crippen LogP contribution in [0.1, 0.15) is 37.8 Å². The quantitative estimate of drug-likeness (QED) is 0.851. The molecule has 1 aliphatic rings. The van der Waals surface area contributed by atoms with Crippen LogP contribution in [0.4, 0.5) is 0 Å². The van der Waals surface area contributed by atoms with Crippen molar-refractivity contribution in [1.82, 2.24) is 5.32 Å². The highest BCUT2D eigenvalue weighted by Crippen LogP contribution is 2.22. The molecule has 2 rings (SSSR count). The lowest BCUT2D eigenvalue weighted by Gasteiger charge is -2.25. The summed E-state index contributed by atoms with van der Waals surface area (Å²) in [5, 5.41) is 3.09. The predicted octanol–water partition coefficient (Wildman–Crippen LogP) is 1.79. The molecule has 0 spiro atoms. The molecule has 1 atom stereocenters. The fourth-order valence-electron chi connectivity index (χ4n) is 2.64. The molecule has 1 unspecified atom stereocenters. The zero-order valence-electron chi connectivity index (χ0n) is 11.2. The van der Waals surface area contributed by atoms with E-state index in [0.717, 1.165) is 25.7 Å². The Labute approximate surface area is 109 Å². The Morgan fingerprint density at radius 2 is 1.94 bits per heavy atom. The van der Waals surface area contributed by atoms with E-state index in [2.05, 4.69) is 17.4 Å². The lowest BCUT2D eigenvalue weighted by Crippen LogP contribution is -2.54. The summed E-state index contributed by atoms with van der Waals surface area (Å²) < 4.78 is 0. The Bertz CT molecular complexity index is 415. The SMILES string of the molecule is CCCC(C)(N)C(=O)NC1Cc2ccccc2C1. The molecule has 0 aliphatic heterocycles. The summed E-state index contributed by atoms with van der Waals surface area (Å²) in [6.45, 7) is 3.86. The van der Waals surface area contributed by atoms with Gasteiger partial charge in [-0.3, -0.25) is 4.79 Å². The fourth-order valence-corrected chi connectivity index (χ4v) is 2.64. The molecule has 0 saturated carbocycles. The number of carbonyl (C=O) groups excluding carboxylic acids is 1. The molecule has 3 nitrogen and oxygen atoms in total. The van der Waals surface area contributed by atoms with Crippen molar-refractivity contribution in [3.05, 3.63) is 35.4 Å². The van der Waals surface area contributed by atoms with E-state index in [0.29, 0.717) is 0 Å². The molecule has 18 heavy (non-hydrogen) atoms. The van der Waals surface area contributed by atoms with Crippen LogP contribution in [-0.4, -0.2) is 17.5 Å². The highest BCUT2D eigenvalue weighted by molar-refractivity contribution is 5.85. The van der Waals surface area contributed by atoms with Gasteiger partial charge >= 0.3 is 0 Å². The van der Waals surface area contributed by atoms with Crippen molar-refractivity contribution in [2.75, 3.05) is 0 Å². The van der Waals surface area contributed by atoms with E-state index >= 15 is 0 Å². The van der Waals surface area contributed by atoms with Gasteiger partial charge in [-0.2, -0.15) is 0 Å². The van der Waals surface area contributed by atoms with Crippen LogP contribution in [0.3, 0.4) is 0 Å². The first-order chi connectivity index (χ1) is 8.53. The largest absolute Gasteiger partial charge is 0.351 e. The number of fused-ring (bicyclic) bond motifs is 1. The first kappa shape index (κ1) is 13.1. The molecule has 98 valence electrons. The topological polar surface area (TPSA) is 55.1 Å². The number of amides is 1. The Kier molecular flexibility index (Phi) is 3.71. The number of carbonyl (C=O) groups is 1. The van der Waals surface area contributed by atoms with Gasteiger partial charge in [0.2, 0.25) is 5.91 Å². The minimum Gasteiger partial charge on any atom is -0.351 e. The third kappa shape index (κ3) is 2.72. The highest BCUT2D eigenvalue weighted by atomic mass is 16.2. The predicted molar refractivity (Wildman–Crippen MR) is 73.3 cm³/mol. The highest BCUT2D eigenvalue weighted by Gasteiger charge is 2.30. The van der Waals surface area contributed by atoms with Gasteiger partial charge in [-0.1, -0.05) is 37.6 Å². The van der Waals surface area contributed by atoms with Gasteiger partial charge in [0.05, 0.1) is 5.54 Å². The van der Waals surface area contributed by atoms with E-state index in [1.165, 1.54) is 11.1 Å². The van der Waals surface area contributed by atoms with E-state index < -0.39 is 5.54 Å². The van der Waals surface area contributed by atoms with E-state index in [1.54, 1.807) is 0 Å². The number of rotatable bonds is 4. The smallest absolute Gasteiger partial charge is 0.240 e. The van der Waals surface area contributed by atoms with Gasteiger partial charge in [-0.25, -0.2) is 0 Å². The maximum Gasteiger partial charge on any atom is 0.240 e. The minimum absolute atomic E-state index is 0.0258. The van der Waals surface area contributed by atoms with E-state index in [4.69, 9.17) is 5.73 Å². The number of hydrogen-bond acceptors (Lipinski definition) is 2. The van der Waals surface area contributed by atoms with Crippen LogP contribution in [0.5, 0.6) is 0 Å². The molecule has 0 bridgehead atoms. The number of nitrogens with two attached hydrogens (primary N) is 1. The molecule has 3 N–H and O–H groups in total. The fraction of sp³-hybridized carbons (Fsp3) is 0.533. The first-order valence-corrected chi connectivity index (χ1v) is 6.69. The number of benzene rings is 1. The molecule has 0 saturated heterocycles. The summed E-state index contributed by atoms with van der Waals surface area (Å²) in [5.74, 6) is -0.0258. The first-order valence-electron chi connectivity index (χ1n) is 6.69. The average Bonchev–Trinajstić information content (AvgIpc) is 2.70. The summed E-state index contributed by atoms with van der Waals surface area (Å²) in [4.78, 5) is 12.1. The third-order valence-corrected chi connectivity index (χ3v) is 3.67. The van der Waals surface area contributed by atoms with Crippen molar-refractivity contribution in [3.63, 3.8) is 0 Å². The lowest BCUT2D eigenvalue weighted by molar-refractivity contribution is -0.126. The van der Waals surface area contributed by atoms with Gasteiger partial charge < -0.3 is 11.1 Å². The maximum atomic E-state index is 12.1. The summed E-state index contributed by atoms with van der Waals surface area (Å²) in [5.41, 5.74) is 7.98. The molecular weight excluding hydrogens is 224 g/mol. The monoisotopic (exact) mass is 246 g/mol. The van der Waals surface area contributed by atoms with Crippen LogP contribution in [0, 0.1) is 0 Å². The second-order valence-corrected chi connectivity index (χ2v) is 5.51. The standard InChI is InChI=1S/C15H22N2O/c1-3-8-15(2,16)14(18)17-13-9-11-6-4-5-7-12(11)10-13/h4-7,13H,3,8-10,16H2,1-2H3,(H,17,18). The van der Waals surface area contributed by atoms with Gasteiger partial charge in [-0.15, -0.1) is 0 Å². The lowest BCUT2D eigenvalue weighted by atomic mass is 9.96. The third-order valence-electron chi connectivity index (χ3n) is 3.67. The van der Waals surface area contributed by atoms with E-state index in [1.807, 2.05) is 26.0 Å². The molecule has 1 amide bonds. The second kappa shape index (κ2) is 5.11. The van der Waals surface area contributed by atoms with Gasteiger partial charge in [0, 0.05) is 6.04 Å². The second-order valence-electron chi connectivity index (χ2n) is 5.51. The van der Waals surface area contributed by atoms with Crippen LogP contribution in [0.2, 0.25) is 0 Å². The molecule has 1 aromatic rings. The van der Waals surface area contributed by atoms with Gasteiger partial charge in [0.25, 0.3) is 0 Å². The molecular formula is C15H22N2O. The Hall–Kier alpha value is -1.35. The Morgan fingerprint density at radius 1 is 1.39 bits per heavy atom. The van der Waals surface area contributed by atoms with Crippen molar-refractivity contribution in [2.45, 2.75) is 51.1 Å². The summed E-state index contributed by atoms with van der Waals surface area (Å²) in [7, 11) is 0. The molecule has 1 aromatic carbocycles. The summed E-state index contributed by atoms with van der Waals surface area (Å²) in [6, 6.07) is 8.57. The van der Waals surface area contributed by atoms with Gasteiger partial charge in [0.1, 0.15) is 0 Å². The summed E-state index contributed by atoms with van der Waals surface area (Å²) >= 11 is 0. The number of hydrogen-bond donors (Lipinski definition) is 2. The molecule has 0 heterocycles. The van der Waals surface area contributed by atoms with Crippen LogP contribution in [0.25, 0.3) is 0 Å². The molecule has 0 fully saturated rings. The maximum absolute atomic E-state index is 12.1. The van der Waals surface area contributed by atoms with Crippen molar-refractivity contribution in [3.8, 4) is 0 Å². The Balaban J connectivity index is 1.95. The summed E-state index contributed by atoms with van der Waals surface area (Å²) in [6.07, 6.45) is 3.48. The molecule has 3 heteroatoms. The van der Waals surface area contributed by atoms with E-state index in [9.17, 15) is 4.79 Å². The number of nitrogens with one attached hydrogen (secondary N) is 1. The van der Waals surface area contributed by atoms with Crippen LogP contribution in [0.15, 0.2) is 24.3 Å². The van der Waals surface area contributed by atoms with Gasteiger partial charge in [0.15, 0.2) is 0 Å². The zero-order valence-corrected chi connectivity index (χ0v) is 11.2. The normalized spacial score (nSPS) is 18.2. The van der Waals surface area contributed by atoms with Crippen molar-refractivity contribution >= 4 is 5.91 Å². The molecule has 0 radical (unpaired) electrons. The average molecular weight is 246 g/mol. The van der Waals surface area contributed by atoms with Crippen molar-refractivity contribution < 1.29 is 4.79 Å². The van der Waals surface area contributed by atoms with Crippen LogP contribution < -0.4 is 11.1 Å². The van der Waals surface area contributed by atoms with Crippen molar-refractivity contribution in [2.24, 2.45) is 5.73 Å². The zero-order chi connectivity index (χ0) is 13.2.